The van der Waals surface area contributed by atoms with Gasteiger partial charge in [-0.1, -0.05) is 19.1 Å². The second-order valence-corrected chi connectivity index (χ2v) is 6.92. The third kappa shape index (κ3) is 4.86. The first-order chi connectivity index (χ1) is 14.4. The van der Waals surface area contributed by atoms with Gasteiger partial charge in [0.2, 0.25) is 5.91 Å². The molecule has 2 N–H and O–H groups in total. The van der Waals surface area contributed by atoms with Crippen LogP contribution in [0.3, 0.4) is 0 Å². The average molecular weight is 406 g/mol. The van der Waals surface area contributed by atoms with Crippen LogP contribution in [0.4, 0.5) is 15.9 Å². The van der Waals surface area contributed by atoms with Crippen molar-refractivity contribution in [2.24, 2.45) is 0 Å². The highest BCUT2D eigenvalue weighted by molar-refractivity contribution is 5.96. The molecule has 0 aliphatic carbocycles. The molecule has 0 saturated carbocycles. The van der Waals surface area contributed by atoms with Crippen molar-refractivity contribution in [1.29, 1.82) is 0 Å². The molecule has 7 heteroatoms. The molecule has 0 fully saturated rings. The number of Topliss-reactive ketones (excluding diaryl/α,β-unsaturated/α-hetero) is 1. The van der Waals surface area contributed by atoms with Crippen LogP contribution >= 0.6 is 0 Å². The van der Waals surface area contributed by atoms with E-state index in [1.54, 1.807) is 50.5 Å². The van der Waals surface area contributed by atoms with Gasteiger partial charge in [-0.3, -0.25) is 14.6 Å². The Bertz CT molecular complexity index is 1050. The van der Waals surface area contributed by atoms with Crippen LogP contribution < -0.4 is 10.6 Å². The van der Waals surface area contributed by atoms with Gasteiger partial charge in [0, 0.05) is 43.4 Å². The number of hydrogen-bond acceptors (Lipinski definition) is 5. The lowest BCUT2D eigenvalue weighted by atomic mass is 10.0. The van der Waals surface area contributed by atoms with E-state index in [9.17, 15) is 14.0 Å². The average Bonchev–Trinajstić information content (AvgIpc) is 2.77. The maximum absolute atomic E-state index is 14.5. The van der Waals surface area contributed by atoms with E-state index in [2.05, 4.69) is 9.97 Å². The Labute approximate surface area is 174 Å². The second-order valence-electron chi connectivity index (χ2n) is 6.92. The number of hydrogen-bond donors (Lipinski definition) is 1. The number of halogens is 1. The van der Waals surface area contributed by atoms with Gasteiger partial charge in [-0.05, 0) is 42.3 Å². The molecule has 0 atom stereocenters. The largest absolute Gasteiger partial charge is 0.384 e. The Morgan fingerprint density at radius 3 is 2.47 bits per heavy atom. The summed E-state index contributed by atoms with van der Waals surface area (Å²) in [5.41, 5.74) is 8.32. The lowest BCUT2D eigenvalue weighted by Crippen LogP contribution is -2.25. The van der Waals surface area contributed by atoms with E-state index in [4.69, 9.17) is 5.73 Å². The van der Waals surface area contributed by atoms with Crippen molar-refractivity contribution < 1.29 is 14.0 Å². The number of benzene rings is 1. The Kier molecular flexibility index (Phi) is 6.51. The number of nitrogens with zero attached hydrogens (tertiary/aromatic N) is 3. The molecule has 0 aliphatic rings. The highest BCUT2D eigenvalue weighted by Gasteiger charge is 2.15. The fourth-order valence-corrected chi connectivity index (χ4v) is 3.03. The van der Waals surface area contributed by atoms with Gasteiger partial charge in [0.25, 0.3) is 0 Å². The van der Waals surface area contributed by atoms with Crippen LogP contribution in [-0.2, 0) is 11.2 Å². The van der Waals surface area contributed by atoms with Crippen molar-refractivity contribution in [2.45, 2.75) is 26.2 Å². The zero-order valence-corrected chi connectivity index (χ0v) is 16.9. The van der Waals surface area contributed by atoms with Gasteiger partial charge in [-0.15, -0.1) is 0 Å². The van der Waals surface area contributed by atoms with Crippen LogP contribution in [0.2, 0.25) is 0 Å². The molecule has 1 aromatic carbocycles. The summed E-state index contributed by atoms with van der Waals surface area (Å²) in [6.07, 6.45) is 4.34. The number of amides is 1. The number of nitrogens with two attached hydrogens (primary N) is 1. The van der Waals surface area contributed by atoms with Crippen LogP contribution in [0.1, 0.15) is 35.7 Å². The molecule has 2 heterocycles. The molecule has 6 nitrogen and oxygen atoms in total. The molecule has 0 spiro atoms. The number of carbonyl (C=O) groups is 2. The van der Waals surface area contributed by atoms with Gasteiger partial charge < -0.3 is 10.6 Å². The molecule has 3 rings (SSSR count). The molecule has 0 aliphatic heterocycles. The molecule has 0 radical (unpaired) electrons. The van der Waals surface area contributed by atoms with Crippen LogP contribution in [0, 0.1) is 5.82 Å². The minimum atomic E-state index is -0.504. The standard InChI is InChI=1S/C23H23FN4O2/c1-3-23(30)28(2)20-9-7-16(12-18(20)24)19-8-6-17(14-26-19)21(29)10-4-15-5-11-22(25)27-13-15/h5-9,11-14H,3-4,10H2,1-2H3,(H2,25,27). The van der Waals surface area contributed by atoms with Gasteiger partial charge in [0.05, 0.1) is 11.4 Å². The lowest BCUT2D eigenvalue weighted by molar-refractivity contribution is -0.118. The van der Waals surface area contributed by atoms with E-state index in [0.717, 1.165) is 5.56 Å². The zero-order valence-electron chi connectivity index (χ0n) is 16.9. The summed E-state index contributed by atoms with van der Waals surface area (Å²) < 4.78 is 14.5. The third-order valence-corrected chi connectivity index (χ3v) is 4.86. The van der Waals surface area contributed by atoms with Gasteiger partial charge in [-0.2, -0.15) is 0 Å². The summed E-state index contributed by atoms with van der Waals surface area (Å²) in [7, 11) is 1.54. The first-order valence-corrected chi connectivity index (χ1v) is 9.65. The van der Waals surface area contributed by atoms with Crippen molar-refractivity contribution in [2.75, 3.05) is 17.7 Å². The molecule has 1 amide bonds. The Balaban J connectivity index is 1.69. The predicted molar refractivity (Wildman–Crippen MR) is 115 cm³/mol. The molecule has 0 saturated heterocycles. The second kappa shape index (κ2) is 9.26. The Morgan fingerprint density at radius 1 is 1.07 bits per heavy atom. The first-order valence-electron chi connectivity index (χ1n) is 9.65. The Morgan fingerprint density at radius 2 is 1.87 bits per heavy atom. The summed E-state index contributed by atoms with van der Waals surface area (Å²) >= 11 is 0. The molecule has 0 unspecified atom stereocenters. The normalized spacial score (nSPS) is 10.6. The summed E-state index contributed by atoms with van der Waals surface area (Å²) in [5.74, 6) is -0.265. The third-order valence-electron chi connectivity index (χ3n) is 4.86. The van der Waals surface area contributed by atoms with Gasteiger partial charge >= 0.3 is 0 Å². The highest BCUT2D eigenvalue weighted by Crippen LogP contribution is 2.25. The molecular weight excluding hydrogens is 383 g/mol. The summed E-state index contributed by atoms with van der Waals surface area (Å²) in [5, 5.41) is 0. The predicted octanol–water partition coefficient (Wildman–Crippen LogP) is 4.05. The first kappa shape index (κ1) is 21.1. The summed E-state index contributed by atoms with van der Waals surface area (Å²) in [4.78, 5) is 33.8. The van der Waals surface area contributed by atoms with Crippen LogP contribution in [0.15, 0.2) is 54.9 Å². The van der Waals surface area contributed by atoms with E-state index < -0.39 is 5.82 Å². The van der Waals surface area contributed by atoms with Crippen molar-refractivity contribution in [1.82, 2.24) is 9.97 Å². The maximum atomic E-state index is 14.5. The highest BCUT2D eigenvalue weighted by atomic mass is 19.1. The van der Waals surface area contributed by atoms with Gasteiger partial charge in [0.1, 0.15) is 11.6 Å². The smallest absolute Gasteiger partial charge is 0.226 e. The minimum absolute atomic E-state index is 0.0351. The molecular formula is C23H23FN4O2. The number of pyridine rings is 2. The number of nitrogen functional groups attached to an aromatic ring is 1. The Hall–Kier alpha value is -3.61. The number of aromatic nitrogens is 2. The quantitative estimate of drug-likeness (QED) is 0.598. The van der Waals surface area contributed by atoms with E-state index in [-0.39, 0.29) is 17.4 Å². The van der Waals surface area contributed by atoms with Crippen molar-refractivity contribution in [3.05, 3.63) is 71.8 Å². The van der Waals surface area contributed by atoms with Crippen LogP contribution in [0.5, 0.6) is 0 Å². The monoisotopic (exact) mass is 406 g/mol. The lowest BCUT2D eigenvalue weighted by Gasteiger charge is -2.17. The summed E-state index contributed by atoms with van der Waals surface area (Å²) in [6, 6.07) is 11.5. The van der Waals surface area contributed by atoms with Crippen molar-refractivity contribution in [3.63, 3.8) is 0 Å². The van der Waals surface area contributed by atoms with Crippen LogP contribution in [0.25, 0.3) is 11.3 Å². The number of anilines is 2. The van der Waals surface area contributed by atoms with E-state index in [1.165, 1.54) is 17.2 Å². The fourth-order valence-electron chi connectivity index (χ4n) is 3.03. The van der Waals surface area contributed by atoms with E-state index in [1.807, 2.05) is 6.07 Å². The number of ketones is 1. The number of carbonyl (C=O) groups excluding carboxylic acids is 2. The van der Waals surface area contributed by atoms with Gasteiger partial charge in [-0.25, -0.2) is 9.37 Å². The molecule has 0 bridgehead atoms. The van der Waals surface area contributed by atoms with Crippen LogP contribution in [-0.4, -0.2) is 28.7 Å². The molecule has 3 aromatic rings. The van der Waals surface area contributed by atoms with Gasteiger partial charge in [0.15, 0.2) is 5.78 Å². The molecule has 2 aromatic heterocycles. The molecule has 30 heavy (non-hydrogen) atoms. The number of rotatable bonds is 7. The maximum Gasteiger partial charge on any atom is 0.226 e. The fraction of sp³-hybridized carbons (Fsp3) is 0.217. The summed E-state index contributed by atoms with van der Waals surface area (Å²) in [6.45, 7) is 1.73. The minimum Gasteiger partial charge on any atom is -0.384 e. The topological polar surface area (TPSA) is 89.2 Å². The number of aryl methyl sites for hydroxylation is 1. The van der Waals surface area contributed by atoms with E-state index >= 15 is 0 Å². The van der Waals surface area contributed by atoms with E-state index in [0.29, 0.717) is 41.9 Å². The molecule has 154 valence electrons. The van der Waals surface area contributed by atoms with Crippen molar-refractivity contribution >= 4 is 23.2 Å². The SMILES string of the molecule is CCC(=O)N(C)c1ccc(-c2ccc(C(=O)CCc3ccc(N)nc3)cn2)cc1F. The van der Waals surface area contributed by atoms with Crippen molar-refractivity contribution in [3.8, 4) is 11.3 Å². The zero-order chi connectivity index (χ0) is 21.7.